The molecule has 0 bridgehead atoms. The normalized spacial score (nSPS) is 31.5. The molecule has 1 unspecified atom stereocenters. The zero-order chi connectivity index (χ0) is 10.3. The van der Waals surface area contributed by atoms with Gasteiger partial charge in [0.1, 0.15) is 0 Å². The molecule has 0 saturated carbocycles. The summed E-state index contributed by atoms with van der Waals surface area (Å²) in [5, 5.41) is 11.0. The number of rotatable bonds is 1. The van der Waals surface area contributed by atoms with Crippen LogP contribution in [0, 0.1) is 17.2 Å². The molecule has 3 heteroatoms. The lowest BCUT2D eigenvalue weighted by Gasteiger charge is -2.38. The van der Waals surface area contributed by atoms with Gasteiger partial charge in [-0.15, -0.1) is 0 Å². The fourth-order valence-electron chi connectivity index (χ4n) is 2.44. The molecule has 1 aliphatic heterocycles. The molecule has 1 heterocycles. The number of hydroxylamine groups is 2. The maximum Gasteiger partial charge on any atom is 0.0683 e. The third-order valence-corrected chi connectivity index (χ3v) is 2.97. The van der Waals surface area contributed by atoms with Crippen LogP contribution in [-0.2, 0) is 4.84 Å². The second-order valence-electron chi connectivity index (χ2n) is 4.83. The molecule has 3 nitrogen and oxygen atoms in total. The molecule has 1 atom stereocenters. The van der Waals surface area contributed by atoms with Gasteiger partial charge in [0, 0.05) is 5.54 Å². The van der Waals surface area contributed by atoms with Crippen molar-refractivity contribution in [2.75, 3.05) is 7.11 Å². The Morgan fingerprint density at radius 1 is 1.38 bits per heavy atom. The van der Waals surface area contributed by atoms with Crippen LogP contribution in [0.3, 0.4) is 0 Å². The summed E-state index contributed by atoms with van der Waals surface area (Å²) in [7, 11) is 1.67. The van der Waals surface area contributed by atoms with Crippen molar-refractivity contribution in [1.82, 2.24) is 5.06 Å². The highest BCUT2D eigenvalue weighted by molar-refractivity contribution is 5.09. The largest absolute Gasteiger partial charge is 0.301 e. The van der Waals surface area contributed by atoms with Crippen LogP contribution in [0.4, 0.5) is 0 Å². The molecule has 0 aromatic heterocycles. The fourth-order valence-corrected chi connectivity index (χ4v) is 2.44. The summed E-state index contributed by atoms with van der Waals surface area (Å²) in [5.74, 6) is 0.0439. The van der Waals surface area contributed by atoms with Crippen LogP contribution in [0.15, 0.2) is 0 Å². The van der Waals surface area contributed by atoms with Crippen molar-refractivity contribution < 1.29 is 4.84 Å². The van der Waals surface area contributed by atoms with E-state index in [1.807, 2.05) is 5.06 Å². The number of nitrogens with zero attached hydrogens (tertiary/aromatic N) is 2. The van der Waals surface area contributed by atoms with E-state index < -0.39 is 0 Å². The first-order valence-electron chi connectivity index (χ1n) is 4.60. The minimum atomic E-state index is -0.188. The second-order valence-corrected chi connectivity index (χ2v) is 4.83. The zero-order valence-corrected chi connectivity index (χ0v) is 9.09. The van der Waals surface area contributed by atoms with Crippen LogP contribution in [-0.4, -0.2) is 23.3 Å². The summed E-state index contributed by atoms with van der Waals surface area (Å²) >= 11 is 0. The maximum absolute atomic E-state index is 9.01. The van der Waals surface area contributed by atoms with Gasteiger partial charge in [0.2, 0.25) is 0 Å². The van der Waals surface area contributed by atoms with Crippen LogP contribution >= 0.6 is 0 Å². The minimum absolute atomic E-state index is 0.0430. The van der Waals surface area contributed by atoms with E-state index in [0.717, 1.165) is 6.42 Å². The Morgan fingerprint density at radius 3 is 2.15 bits per heavy atom. The molecular weight excluding hydrogens is 164 g/mol. The van der Waals surface area contributed by atoms with Gasteiger partial charge in [0.05, 0.1) is 24.6 Å². The van der Waals surface area contributed by atoms with Crippen LogP contribution in [0.1, 0.15) is 34.1 Å². The molecule has 0 spiro atoms. The molecule has 0 N–H and O–H groups in total. The number of nitriles is 1. The molecule has 0 amide bonds. The lowest BCUT2D eigenvalue weighted by molar-refractivity contribution is -0.222. The predicted molar refractivity (Wildman–Crippen MR) is 50.7 cm³/mol. The lowest BCUT2D eigenvalue weighted by Crippen LogP contribution is -2.48. The van der Waals surface area contributed by atoms with Crippen molar-refractivity contribution in [2.24, 2.45) is 5.92 Å². The van der Waals surface area contributed by atoms with E-state index in [-0.39, 0.29) is 17.0 Å². The third-order valence-electron chi connectivity index (χ3n) is 2.97. The van der Waals surface area contributed by atoms with Crippen molar-refractivity contribution in [3.05, 3.63) is 0 Å². The van der Waals surface area contributed by atoms with Crippen molar-refractivity contribution in [3.63, 3.8) is 0 Å². The van der Waals surface area contributed by atoms with Gasteiger partial charge in [0.25, 0.3) is 0 Å². The predicted octanol–water partition coefficient (Wildman–Crippen LogP) is 1.95. The summed E-state index contributed by atoms with van der Waals surface area (Å²) in [5.41, 5.74) is -0.231. The van der Waals surface area contributed by atoms with Crippen molar-refractivity contribution >= 4 is 0 Å². The van der Waals surface area contributed by atoms with E-state index >= 15 is 0 Å². The smallest absolute Gasteiger partial charge is 0.0683 e. The average Bonchev–Trinajstić information content (AvgIpc) is 2.16. The standard InChI is InChI=1S/C10H18N2O/c1-9(2)6-8(7-11)10(3,4)12(9)13-5/h8H,6H2,1-5H3. The lowest BCUT2D eigenvalue weighted by atomic mass is 9.88. The van der Waals surface area contributed by atoms with E-state index in [9.17, 15) is 0 Å². The molecule has 74 valence electrons. The van der Waals surface area contributed by atoms with E-state index in [1.54, 1.807) is 7.11 Å². The summed E-state index contributed by atoms with van der Waals surface area (Å²) < 4.78 is 0. The topological polar surface area (TPSA) is 36.3 Å². The van der Waals surface area contributed by atoms with Gasteiger partial charge in [-0.25, -0.2) is 0 Å². The minimum Gasteiger partial charge on any atom is -0.301 e. The first kappa shape index (κ1) is 10.5. The first-order chi connectivity index (χ1) is 5.86. The molecule has 0 aromatic rings. The Bertz CT molecular complexity index is 240. The summed E-state index contributed by atoms with van der Waals surface area (Å²) in [6.45, 7) is 8.32. The number of hydrogen-bond donors (Lipinski definition) is 0. The van der Waals surface area contributed by atoms with E-state index in [0.29, 0.717) is 0 Å². The number of hydrogen-bond acceptors (Lipinski definition) is 3. The summed E-state index contributed by atoms with van der Waals surface area (Å²) in [6, 6.07) is 2.35. The zero-order valence-electron chi connectivity index (χ0n) is 9.09. The molecular formula is C10H18N2O. The Kier molecular flexibility index (Phi) is 2.40. The highest BCUT2D eigenvalue weighted by Crippen LogP contribution is 2.44. The van der Waals surface area contributed by atoms with Crippen LogP contribution in [0.2, 0.25) is 0 Å². The molecule has 0 aliphatic carbocycles. The van der Waals surface area contributed by atoms with Gasteiger partial charge in [-0.1, -0.05) is 0 Å². The second kappa shape index (κ2) is 2.97. The Labute approximate surface area is 80.2 Å². The van der Waals surface area contributed by atoms with Crippen molar-refractivity contribution in [2.45, 2.75) is 45.2 Å². The molecule has 1 aliphatic rings. The summed E-state index contributed by atoms with van der Waals surface area (Å²) in [4.78, 5) is 5.36. The van der Waals surface area contributed by atoms with E-state index in [2.05, 4.69) is 33.8 Å². The average molecular weight is 182 g/mol. The molecule has 13 heavy (non-hydrogen) atoms. The van der Waals surface area contributed by atoms with E-state index in [4.69, 9.17) is 10.1 Å². The SMILES string of the molecule is CON1C(C)(C)CC(C#N)C1(C)C. The first-order valence-corrected chi connectivity index (χ1v) is 4.60. The molecule has 1 rings (SSSR count). The molecule has 0 aromatic carbocycles. The van der Waals surface area contributed by atoms with Gasteiger partial charge >= 0.3 is 0 Å². The van der Waals surface area contributed by atoms with E-state index in [1.165, 1.54) is 0 Å². The maximum atomic E-state index is 9.01. The van der Waals surface area contributed by atoms with Crippen LogP contribution < -0.4 is 0 Å². The van der Waals surface area contributed by atoms with Crippen LogP contribution in [0.5, 0.6) is 0 Å². The Hall–Kier alpha value is -0.590. The van der Waals surface area contributed by atoms with Crippen molar-refractivity contribution in [1.29, 1.82) is 5.26 Å². The molecule has 0 radical (unpaired) electrons. The van der Waals surface area contributed by atoms with Gasteiger partial charge in [0.15, 0.2) is 0 Å². The fraction of sp³-hybridized carbons (Fsp3) is 0.900. The van der Waals surface area contributed by atoms with Gasteiger partial charge in [-0.05, 0) is 34.1 Å². The van der Waals surface area contributed by atoms with Gasteiger partial charge < -0.3 is 4.84 Å². The molecule has 1 saturated heterocycles. The van der Waals surface area contributed by atoms with Crippen LogP contribution in [0.25, 0.3) is 0 Å². The van der Waals surface area contributed by atoms with Crippen molar-refractivity contribution in [3.8, 4) is 6.07 Å². The third kappa shape index (κ3) is 1.45. The highest BCUT2D eigenvalue weighted by atomic mass is 16.7. The van der Waals surface area contributed by atoms with Gasteiger partial charge in [-0.3, -0.25) is 0 Å². The van der Waals surface area contributed by atoms with Gasteiger partial charge in [-0.2, -0.15) is 10.3 Å². The summed E-state index contributed by atoms with van der Waals surface area (Å²) in [6.07, 6.45) is 0.865. The monoisotopic (exact) mass is 182 g/mol. The molecule has 1 fully saturated rings. The Morgan fingerprint density at radius 2 is 1.92 bits per heavy atom. The quantitative estimate of drug-likeness (QED) is 0.622. The Balaban J connectivity index is 3.01. The highest BCUT2D eigenvalue weighted by Gasteiger charge is 2.52.